The highest BCUT2D eigenvalue weighted by atomic mass is 127. The van der Waals surface area contributed by atoms with Crippen LogP contribution in [-0.4, -0.2) is 167 Å². The third kappa shape index (κ3) is 33.4. The highest BCUT2D eigenvalue weighted by molar-refractivity contribution is 14.1. The third-order valence-corrected chi connectivity index (χ3v) is 20.5. The monoisotopic (exact) mass is 1750 g/mol. The molecule has 4 atom stereocenters. The molecule has 0 aliphatic carbocycles. The molecule has 3 aliphatic heterocycles. The molecule has 4 unspecified atom stereocenters. The molecular weight excluding hydrogens is 1620 g/mol. The predicted molar refractivity (Wildman–Crippen MR) is 451 cm³/mol. The van der Waals surface area contributed by atoms with Crippen molar-refractivity contribution in [3.63, 3.8) is 0 Å². The van der Waals surface area contributed by atoms with Crippen LogP contribution in [0.15, 0.2) is 91.0 Å². The Morgan fingerprint density at radius 2 is 0.903 bits per heavy atom. The molecule has 0 saturated carbocycles. The number of aliphatic hydroxyl groups is 8. The lowest BCUT2D eigenvalue weighted by Gasteiger charge is -2.32. The molecule has 3 heterocycles. The molecule has 3 saturated heterocycles. The van der Waals surface area contributed by atoms with Crippen LogP contribution in [0.5, 0.6) is 11.5 Å². The smallest absolute Gasteiger partial charge is 0.161 e. The maximum atomic E-state index is 10.7. The van der Waals surface area contributed by atoms with Gasteiger partial charge in [0.15, 0.2) is 30.4 Å². The maximum absolute atomic E-state index is 10.7. The van der Waals surface area contributed by atoms with E-state index in [2.05, 4.69) is 109 Å². The average Bonchev–Trinajstić information content (AvgIpc) is 1.11. The second kappa shape index (κ2) is 57.9. The fraction of sp³-hybridized carbons (Fsp3) is 0.602. The van der Waals surface area contributed by atoms with Crippen LogP contribution in [0, 0.1) is 63.1 Å². The number of likely N-dealkylation sites (N-methyl/N-ethyl adjacent to an activating group) is 1. The number of aliphatic hydroxyl groups excluding tert-OH is 8. The van der Waals surface area contributed by atoms with Gasteiger partial charge in [-0.05, 0) is 161 Å². The van der Waals surface area contributed by atoms with Gasteiger partial charge in [0.25, 0.3) is 0 Å². The first-order valence-corrected chi connectivity index (χ1v) is 40.6. The minimum absolute atomic E-state index is 0. The molecule has 5 aromatic carbocycles. The highest BCUT2D eigenvalue weighted by Crippen LogP contribution is 2.41. The van der Waals surface area contributed by atoms with Crippen molar-refractivity contribution in [2.75, 3.05) is 92.5 Å². The van der Waals surface area contributed by atoms with E-state index in [4.69, 9.17) is 42.6 Å². The van der Waals surface area contributed by atoms with Gasteiger partial charge < -0.3 is 93.2 Å². The fourth-order valence-electron chi connectivity index (χ4n) is 13.2. The summed E-state index contributed by atoms with van der Waals surface area (Å²) in [6.45, 7) is 22.0. The summed E-state index contributed by atoms with van der Waals surface area (Å²) < 4.78 is 49.0. The SMILES string of the molecule is BrCCC1OCCO1.C.C.CC(C)C(C#N)(CCC1OCCO1)c1ccc(CO)c(CO)c1.CC(C)C(C#N)(CCC=O)c1ccc(CO)c(CO)c1.CC(C)I.COCCOc1ccc(CCN(C)CCCC(C#N)(c2ccc(CO)c(CO)c2)C(C)C)cc1OC.N#CC(CCC1OCCO1)c1ccc(CO)c(CO)c1. The van der Waals surface area contributed by atoms with Gasteiger partial charge in [-0.15, -0.1) is 0 Å². The summed E-state index contributed by atoms with van der Waals surface area (Å²) in [7, 11) is 5.39. The van der Waals surface area contributed by atoms with Gasteiger partial charge in [0, 0.05) is 42.2 Å². The quantitative estimate of drug-likeness (QED) is 0.00787. The normalized spacial score (nSPS) is 15.2. The molecule has 0 radical (unpaired) electrons. The first-order chi connectivity index (χ1) is 53.4. The molecule has 113 heavy (non-hydrogen) atoms. The van der Waals surface area contributed by atoms with Gasteiger partial charge in [0.05, 0.1) is 153 Å². The summed E-state index contributed by atoms with van der Waals surface area (Å²) in [5.41, 5.74) is 7.88. The number of hydrogen-bond acceptors (Lipinski definition) is 23. The van der Waals surface area contributed by atoms with E-state index in [0.29, 0.717) is 128 Å². The second-order valence-corrected chi connectivity index (χ2v) is 31.7. The summed E-state index contributed by atoms with van der Waals surface area (Å²) in [5, 5.41) is 115. The zero-order valence-electron chi connectivity index (χ0n) is 67.0. The topological polar surface area (TPSA) is 360 Å². The Balaban J connectivity index is 0.000000730. The fourth-order valence-corrected chi connectivity index (χ4v) is 13.5. The van der Waals surface area contributed by atoms with Crippen molar-refractivity contribution in [3.05, 3.63) is 163 Å². The number of rotatable bonds is 38. The van der Waals surface area contributed by atoms with Crippen LogP contribution in [-0.2, 0) is 113 Å². The second-order valence-electron chi connectivity index (χ2n) is 28.4. The van der Waals surface area contributed by atoms with E-state index in [-0.39, 0.29) is 110 Å². The van der Waals surface area contributed by atoms with Crippen molar-refractivity contribution in [1.82, 2.24) is 4.90 Å². The van der Waals surface area contributed by atoms with Crippen LogP contribution in [0.1, 0.15) is 206 Å². The van der Waals surface area contributed by atoms with Crippen LogP contribution in [0.3, 0.4) is 0 Å². The number of hydrogen-bond donors (Lipinski definition) is 8. The van der Waals surface area contributed by atoms with Gasteiger partial charge in [-0.1, -0.05) is 188 Å². The number of halogens is 2. The van der Waals surface area contributed by atoms with Crippen LogP contribution >= 0.6 is 38.5 Å². The molecular formula is C88H131BrIN5O18. The van der Waals surface area contributed by atoms with Crippen molar-refractivity contribution in [2.24, 2.45) is 17.8 Å². The molecule has 0 bridgehead atoms. The molecule has 25 heteroatoms. The predicted octanol–water partition coefficient (Wildman–Crippen LogP) is 14.1. The highest BCUT2D eigenvalue weighted by Gasteiger charge is 2.39. The number of carbonyl (C=O) groups is 1. The Labute approximate surface area is 696 Å². The van der Waals surface area contributed by atoms with E-state index < -0.39 is 16.2 Å². The lowest BCUT2D eigenvalue weighted by Crippen LogP contribution is -2.33. The van der Waals surface area contributed by atoms with Crippen molar-refractivity contribution in [1.29, 1.82) is 21.0 Å². The molecule has 630 valence electrons. The van der Waals surface area contributed by atoms with Gasteiger partial charge in [0.1, 0.15) is 12.9 Å². The Morgan fingerprint density at radius 1 is 0.513 bits per heavy atom. The van der Waals surface area contributed by atoms with Crippen molar-refractivity contribution in [3.8, 4) is 35.8 Å². The lowest BCUT2D eigenvalue weighted by molar-refractivity contribution is -0.108. The van der Waals surface area contributed by atoms with Crippen molar-refractivity contribution >= 4 is 44.8 Å². The molecule has 5 aromatic rings. The average molecular weight is 1750 g/mol. The molecule has 0 amide bonds. The zero-order valence-corrected chi connectivity index (χ0v) is 70.8. The van der Waals surface area contributed by atoms with Gasteiger partial charge in [-0.25, -0.2) is 0 Å². The van der Waals surface area contributed by atoms with Crippen LogP contribution in [0.25, 0.3) is 0 Å². The van der Waals surface area contributed by atoms with Crippen LogP contribution < -0.4 is 9.47 Å². The van der Waals surface area contributed by atoms with Gasteiger partial charge in [0.2, 0.25) is 0 Å². The van der Waals surface area contributed by atoms with Crippen molar-refractivity contribution in [2.45, 2.75) is 232 Å². The molecule has 3 aliphatic rings. The molecule has 0 aromatic heterocycles. The van der Waals surface area contributed by atoms with Gasteiger partial charge >= 0.3 is 0 Å². The number of nitrogens with zero attached hydrogens (tertiary/aromatic N) is 5. The third-order valence-electron chi connectivity index (χ3n) is 20.1. The van der Waals surface area contributed by atoms with E-state index >= 15 is 0 Å². The van der Waals surface area contributed by atoms with E-state index in [9.17, 15) is 66.7 Å². The van der Waals surface area contributed by atoms with E-state index in [0.717, 1.165) is 95.5 Å². The largest absolute Gasteiger partial charge is 0.493 e. The van der Waals surface area contributed by atoms with Gasteiger partial charge in [-0.3, -0.25) is 0 Å². The first kappa shape index (κ1) is 105. The zero-order chi connectivity index (χ0) is 82.4. The number of benzene rings is 5. The molecule has 0 spiro atoms. The Kier molecular flexibility index (Phi) is 53.7. The summed E-state index contributed by atoms with van der Waals surface area (Å²) >= 11 is 5.64. The summed E-state index contributed by atoms with van der Waals surface area (Å²) in [5.74, 6) is 1.41. The Morgan fingerprint density at radius 3 is 1.27 bits per heavy atom. The van der Waals surface area contributed by atoms with Crippen LogP contribution in [0.2, 0.25) is 0 Å². The number of nitriles is 4. The minimum atomic E-state index is -0.751. The minimum Gasteiger partial charge on any atom is -0.493 e. The maximum Gasteiger partial charge on any atom is 0.161 e. The molecule has 8 rings (SSSR count). The Bertz CT molecular complexity index is 3640. The number of ether oxygens (including phenoxy) is 9. The molecule has 8 N–H and O–H groups in total. The lowest BCUT2D eigenvalue weighted by atomic mass is 9.69. The number of alkyl halides is 2. The van der Waals surface area contributed by atoms with E-state index in [1.807, 2.05) is 76.2 Å². The molecule has 23 nitrogen and oxygen atoms in total. The number of aldehydes is 1. The number of methoxy groups -OCH3 is 2. The standard InChI is InChI=1S/C29H42N2O5.C18H25NO4.C16H21NO3.C15H19NO4.C5H9BrO2.C3H7I.2CH4/c1-22(2)29(21-30,26-9-8-24(19-32)25(18-26)20-33)12-6-13-31(3)14-11-23-7-10-27(28(17-23)35-5)36-16-15-34-4;1-13(2)18(12-19,6-5-17-22-7-8-23-17)16-4-3-14(10-20)15(9-16)11-21;1-12(2)16(11-17,6-3-7-18)15-5-4-13(9-19)14(8-15)10-20;16-8-12(3-4-15-19-5-6-20-15)11-1-2-13(9-17)14(7-11)10-18;6-2-1-5-7-3-4-8-5;1-3(2)4;;/h7-10,17-18,22,32-33H,6,11-16,19-20H2,1-5H3;3-4,9,13,17,20-21H,5-8,10-11H2,1-2H3;4-5,7-8,12,19-20H,3,6,9-10H2,1-2H3;1-2,7,12,15,17-18H,3-6,9-10H2;5H,1-4H2;3H,1-2H3;2*1H4. The van der Waals surface area contributed by atoms with Crippen LogP contribution in [0.4, 0.5) is 0 Å². The van der Waals surface area contributed by atoms with Crippen molar-refractivity contribution < 1.29 is 88.3 Å². The Hall–Kier alpha value is -6.10. The summed E-state index contributed by atoms with van der Waals surface area (Å²) in [6.07, 6.45) is 7.23. The van der Waals surface area contributed by atoms with E-state index in [1.54, 1.807) is 50.6 Å². The summed E-state index contributed by atoms with van der Waals surface area (Å²) in [6, 6.07) is 37.5. The van der Waals surface area contributed by atoms with Gasteiger partial charge in [-0.2, -0.15) is 21.0 Å². The number of carbonyl (C=O) groups excluding carboxylic acids is 1. The van der Waals surface area contributed by atoms with E-state index in [1.165, 1.54) is 5.56 Å². The molecule has 3 fully saturated rings. The first-order valence-electron chi connectivity index (χ1n) is 38.2. The summed E-state index contributed by atoms with van der Waals surface area (Å²) in [4.78, 5) is 12.9.